The summed E-state index contributed by atoms with van der Waals surface area (Å²) in [6.45, 7) is 2.97. The molecule has 19 heavy (non-hydrogen) atoms. The molecule has 0 aromatic heterocycles. The van der Waals surface area contributed by atoms with Crippen molar-refractivity contribution in [3.63, 3.8) is 0 Å². The van der Waals surface area contributed by atoms with Gasteiger partial charge in [-0.3, -0.25) is 0 Å². The number of rotatable bonds is 5. The van der Waals surface area contributed by atoms with Crippen molar-refractivity contribution >= 4 is 0 Å². The minimum atomic E-state index is -0.200. The van der Waals surface area contributed by atoms with Gasteiger partial charge in [-0.25, -0.2) is 0 Å². The van der Waals surface area contributed by atoms with Crippen LogP contribution in [-0.4, -0.2) is 33.5 Å². The topological polar surface area (TPSA) is 39.7 Å². The van der Waals surface area contributed by atoms with Crippen LogP contribution in [0, 0.1) is 0 Å². The van der Waals surface area contributed by atoms with Gasteiger partial charge in [-0.2, -0.15) is 0 Å². The second-order valence-electron chi connectivity index (χ2n) is 5.09. The summed E-state index contributed by atoms with van der Waals surface area (Å²) in [7, 11) is 5.32. The SMILES string of the molecule is CNC(c1cc(OC)ccc1OC)C1(C)CCCO1. The number of ether oxygens (including phenoxy) is 3. The molecule has 1 aliphatic rings. The molecule has 4 heteroatoms. The molecule has 0 spiro atoms. The lowest BCUT2D eigenvalue weighted by atomic mass is 9.87. The van der Waals surface area contributed by atoms with Crippen LogP contribution in [0.5, 0.6) is 11.5 Å². The van der Waals surface area contributed by atoms with Crippen LogP contribution in [0.3, 0.4) is 0 Å². The van der Waals surface area contributed by atoms with E-state index in [0.29, 0.717) is 0 Å². The van der Waals surface area contributed by atoms with E-state index in [1.165, 1.54) is 0 Å². The Balaban J connectivity index is 2.41. The van der Waals surface area contributed by atoms with Crippen LogP contribution >= 0.6 is 0 Å². The molecule has 0 amide bonds. The molecule has 1 aromatic carbocycles. The van der Waals surface area contributed by atoms with E-state index >= 15 is 0 Å². The van der Waals surface area contributed by atoms with E-state index in [9.17, 15) is 0 Å². The lowest BCUT2D eigenvalue weighted by molar-refractivity contribution is -0.0110. The number of methoxy groups -OCH3 is 2. The molecule has 1 heterocycles. The summed E-state index contributed by atoms with van der Waals surface area (Å²) in [5.74, 6) is 1.69. The molecule has 106 valence electrons. The molecule has 1 aromatic rings. The smallest absolute Gasteiger partial charge is 0.124 e. The first-order chi connectivity index (χ1) is 9.14. The van der Waals surface area contributed by atoms with Gasteiger partial charge >= 0.3 is 0 Å². The molecule has 4 nitrogen and oxygen atoms in total. The van der Waals surface area contributed by atoms with Gasteiger partial charge in [0, 0.05) is 12.2 Å². The van der Waals surface area contributed by atoms with Gasteiger partial charge < -0.3 is 19.5 Å². The van der Waals surface area contributed by atoms with E-state index in [1.54, 1.807) is 14.2 Å². The third kappa shape index (κ3) is 2.69. The summed E-state index contributed by atoms with van der Waals surface area (Å²) in [5.41, 5.74) is 0.878. The molecule has 2 rings (SSSR count). The van der Waals surface area contributed by atoms with Crippen molar-refractivity contribution in [3.05, 3.63) is 23.8 Å². The molecule has 1 aliphatic heterocycles. The molecular weight excluding hydrogens is 242 g/mol. The van der Waals surface area contributed by atoms with Gasteiger partial charge in [-0.15, -0.1) is 0 Å². The molecule has 0 radical (unpaired) electrons. The Morgan fingerprint density at radius 3 is 2.63 bits per heavy atom. The molecule has 1 fully saturated rings. The van der Waals surface area contributed by atoms with Gasteiger partial charge in [-0.05, 0) is 45.0 Å². The highest BCUT2D eigenvalue weighted by atomic mass is 16.5. The molecule has 1 N–H and O–H groups in total. The summed E-state index contributed by atoms with van der Waals surface area (Å²) in [6.07, 6.45) is 2.14. The van der Waals surface area contributed by atoms with E-state index in [2.05, 4.69) is 12.2 Å². The fourth-order valence-corrected chi connectivity index (χ4v) is 2.88. The maximum atomic E-state index is 5.96. The zero-order valence-electron chi connectivity index (χ0n) is 12.2. The van der Waals surface area contributed by atoms with Crippen LogP contribution in [0.25, 0.3) is 0 Å². The predicted octanol–water partition coefficient (Wildman–Crippen LogP) is 2.53. The van der Waals surface area contributed by atoms with Crippen LogP contribution in [0.1, 0.15) is 31.4 Å². The quantitative estimate of drug-likeness (QED) is 0.888. The van der Waals surface area contributed by atoms with Crippen molar-refractivity contribution in [2.24, 2.45) is 0 Å². The molecule has 0 bridgehead atoms. The fraction of sp³-hybridized carbons (Fsp3) is 0.600. The van der Waals surface area contributed by atoms with Gasteiger partial charge in [0.25, 0.3) is 0 Å². The number of hydrogen-bond donors (Lipinski definition) is 1. The van der Waals surface area contributed by atoms with Crippen LogP contribution in [0.4, 0.5) is 0 Å². The maximum Gasteiger partial charge on any atom is 0.124 e. The first-order valence-electron chi connectivity index (χ1n) is 6.68. The fourth-order valence-electron chi connectivity index (χ4n) is 2.88. The van der Waals surface area contributed by atoms with Crippen LogP contribution < -0.4 is 14.8 Å². The molecule has 2 atom stereocenters. The van der Waals surface area contributed by atoms with Crippen molar-refractivity contribution in [1.29, 1.82) is 0 Å². The molecule has 0 aliphatic carbocycles. The van der Waals surface area contributed by atoms with Crippen molar-refractivity contribution in [3.8, 4) is 11.5 Å². The van der Waals surface area contributed by atoms with Gasteiger partial charge in [0.05, 0.1) is 25.9 Å². The lowest BCUT2D eigenvalue weighted by Crippen LogP contribution is -2.39. The van der Waals surface area contributed by atoms with Crippen LogP contribution in [0.15, 0.2) is 18.2 Å². The normalized spacial score (nSPS) is 24.2. The molecule has 2 unspecified atom stereocenters. The second-order valence-corrected chi connectivity index (χ2v) is 5.09. The van der Waals surface area contributed by atoms with Crippen LogP contribution in [-0.2, 0) is 4.74 Å². The average Bonchev–Trinajstić information content (AvgIpc) is 2.87. The Morgan fingerprint density at radius 2 is 2.11 bits per heavy atom. The van der Waals surface area contributed by atoms with Gasteiger partial charge in [-0.1, -0.05) is 0 Å². The first kappa shape index (κ1) is 14.2. The zero-order valence-corrected chi connectivity index (χ0v) is 12.2. The third-order valence-corrected chi connectivity index (χ3v) is 3.90. The standard InChI is InChI=1S/C15H23NO3/c1-15(8-5-9-19-15)14(16-2)12-10-11(17-3)6-7-13(12)18-4/h6-7,10,14,16H,5,8-9H2,1-4H3. The van der Waals surface area contributed by atoms with Gasteiger partial charge in [0.1, 0.15) is 11.5 Å². The Morgan fingerprint density at radius 1 is 1.32 bits per heavy atom. The second kappa shape index (κ2) is 5.80. The van der Waals surface area contributed by atoms with E-state index < -0.39 is 0 Å². The number of benzene rings is 1. The summed E-state index contributed by atoms with van der Waals surface area (Å²) in [5, 5.41) is 3.37. The van der Waals surface area contributed by atoms with Crippen molar-refractivity contribution < 1.29 is 14.2 Å². The third-order valence-electron chi connectivity index (χ3n) is 3.90. The van der Waals surface area contributed by atoms with E-state index in [1.807, 2.05) is 25.2 Å². The lowest BCUT2D eigenvalue weighted by Gasteiger charge is -2.34. The van der Waals surface area contributed by atoms with Crippen molar-refractivity contribution in [2.75, 3.05) is 27.9 Å². The van der Waals surface area contributed by atoms with Crippen molar-refractivity contribution in [2.45, 2.75) is 31.4 Å². The van der Waals surface area contributed by atoms with Crippen molar-refractivity contribution in [1.82, 2.24) is 5.32 Å². The minimum absolute atomic E-state index is 0.0834. The number of hydrogen-bond acceptors (Lipinski definition) is 4. The van der Waals surface area contributed by atoms with E-state index in [4.69, 9.17) is 14.2 Å². The Bertz CT molecular complexity index is 427. The Labute approximate surface area is 115 Å². The summed E-state index contributed by atoms with van der Waals surface area (Å²) in [6, 6.07) is 5.96. The predicted molar refractivity (Wildman–Crippen MR) is 74.9 cm³/mol. The average molecular weight is 265 g/mol. The maximum absolute atomic E-state index is 5.96. The molecule has 0 saturated carbocycles. The molecular formula is C15H23NO3. The summed E-state index contributed by atoms with van der Waals surface area (Å²) < 4.78 is 16.8. The minimum Gasteiger partial charge on any atom is -0.497 e. The number of likely N-dealkylation sites (N-methyl/N-ethyl adjacent to an activating group) is 1. The van der Waals surface area contributed by atoms with Gasteiger partial charge in [0.2, 0.25) is 0 Å². The largest absolute Gasteiger partial charge is 0.497 e. The molecule has 1 saturated heterocycles. The summed E-state index contributed by atoms with van der Waals surface area (Å²) in [4.78, 5) is 0. The monoisotopic (exact) mass is 265 g/mol. The zero-order chi connectivity index (χ0) is 13.9. The Hall–Kier alpha value is -1.26. The highest BCUT2D eigenvalue weighted by Gasteiger charge is 2.39. The van der Waals surface area contributed by atoms with Gasteiger partial charge in [0.15, 0.2) is 0 Å². The number of nitrogens with one attached hydrogen (secondary N) is 1. The first-order valence-corrected chi connectivity index (χ1v) is 6.68. The Kier molecular flexibility index (Phi) is 4.32. The van der Waals surface area contributed by atoms with Crippen LogP contribution in [0.2, 0.25) is 0 Å². The van der Waals surface area contributed by atoms with E-state index in [0.717, 1.165) is 36.5 Å². The highest BCUT2D eigenvalue weighted by molar-refractivity contribution is 5.43. The highest BCUT2D eigenvalue weighted by Crippen LogP contribution is 2.41. The van der Waals surface area contributed by atoms with E-state index in [-0.39, 0.29) is 11.6 Å². The summed E-state index contributed by atoms with van der Waals surface area (Å²) >= 11 is 0.